The number of aromatic nitrogens is 3. The van der Waals surface area contributed by atoms with Gasteiger partial charge in [0, 0.05) is 11.1 Å². The lowest BCUT2D eigenvalue weighted by molar-refractivity contribution is -0.159. The van der Waals surface area contributed by atoms with Crippen LogP contribution in [-0.4, -0.2) is 78.4 Å². The fourth-order valence-electron chi connectivity index (χ4n) is 3.11. The number of anilines is 1. The third kappa shape index (κ3) is 4.30. The Hall–Kier alpha value is -2.69. The van der Waals surface area contributed by atoms with Gasteiger partial charge in [-0.1, -0.05) is 9.64 Å². The molecule has 0 saturated carbocycles. The number of β-lactam (4-membered cyclic amide) rings is 1. The molecule has 0 aliphatic carbocycles. The van der Waals surface area contributed by atoms with Gasteiger partial charge in [-0.2, -0.15) is 0 Å². The molecule has 3 atom stereocenters. The lowest BCUT2D eigenvalue weighted by atomic mass is 9.98. The van der Waals surface area contributed by atoms with Crippen molar-refractivity contribution in [1.82, 2.24) is 24.8 Å². The second-order valence-electron chi connectivity index (χ2n) is 6.38. The zero-order valence-corrected chi connectivity index (χ0v) is 19.5. The van der Waals surface area contributed by atoms with E-state index in [4.69, 9.17) is 10.6 Å². The van der Waals surface area contributed by atoms with E-state index >= 15 is 0 Å². The van der Waals surface area contributed by atoms with Gasteiger partial charge in [-0.3, -0.25) is 9.59 Å². The van der Waals surface area contributed by atoms with E-state index in [2.05, 4.69) is 25.0 Å². The summed E-state index contributed by atoms with van der Waals surface area (Å²) < 4.78 is 4.62. The molecule has 168 valence electrons. The molecule has 1 saturated heterocycles. The Bertz CT molecular complexity index is 1100. The highest BCUT2D eigenvalue weighted by molar-refractivity contribution is 8.03. The van der Waals surface area contributed by atoms with Crippen LogP contribution in [0.4, 0.5) is 5.13 Å². The molecule has 12 nitrogen and oxygen atoms in total. The van der Waals surface area contributed by atoms with Crippen molar-refractivity contribution in [3.63, 3.8) is 0 Å². The maximum atomic E-state index is 12.8. The van der Waals surface area contributed by atoms with E-state index < -0.39 is 35.2 Å². The summed E-state index contributed by atoms with van der Waals surface area (Å²) in [7, 11) is 1.28. The molecule has 4 heterocycles. The number of nitrogen functional groups attached to an aromatic ring is 1. The summed E-state index contributed by atoms with van der Waals surface area (Å²) in [6, 6.07) is -2.02. The summed E-state index contributed by atoms with van der Waals surface area (Å²) in [5.74, 6) is -1.93. The van der Waals surface area contributed by atoms with Crippen LogP contribution in [0.1, 0.15) is 5.69 Å². The number of carbonyl (C=O) groups is 3. The minimum atomic E-state index is -1.14. The number of thioether (sulfide) groups is 2. The minimum absolute atomic E-state index is 0.131. The second-order valence-corrected chi connectivity index (χ2v) is 10.3. The SMILES string of the molecule is CO/N=C(\C(=O)N[C@@H]1C(=O)N2[C@@H](C(=O)O)C(CSc3cnns3)=CS[C@H]12)c1csc(N)n1. The summed E-state index contributed by atoms with van der Waals surface area (Å²) in [4.78, 5) is 47.5. The number of aliphatic carboxylic acids is 1. The first kappa shape index (κ1) is 22.5. The number of hydrogen-bond acceptors (Lipinski definition) is 13. The maximum absolute atomic E-state index is 12.8. The fourth-order valence-corrected chi connectivity index (χ4v) is 6.41. The van der Waals surface area contributed by atoms with Gasteiger partial charge in [-0.25, -0.2) is 9.78 Å². The molecule has 32 heavy (non-hydrogen) atoms. The third-order valence-electron chi connectivity index (χ3n) is 4.47. The molecule has 2 aliphatic rings. The van der Waals surface area contributed by atoms with Crippen LogP contribution in [0.15, 0.2) is 31.9 Å². The van der Waals surface area contributed by atoms with Gasteiger partial charge in [0.1, 0.15) is 28.4 Å². The van der Waals surface area contributed by atoms with E-state index in [1.165, 1.54) is 47.1 Å². The summed E-state index contributed by atoms with van der Waals surface area (Å²) in [6.07, 6.45) is 1.60. The number of rotatable bonds is 8. The molecule has 2 aliphatic heterocycles. The molecule has 0 aromatic carbocycles. The zero-order valence-electron chi connectivity index (χ0n) is 16.2. The van der Waals surface area contributed by atoms with Crippen molar-refractivity contribution < 1.29 is 24.3 Å². The number of carboxylic acids is 1. The van der Waals surface area contributed by atoms with Crippen molar-refractivity contribution in [2.75, 3.05) is 18.6 Å². The summed E-state index contributed by atoms with van der Waals surface area (Å²) in [5.41, 5.74) is 6.28. The van der Waals surface area contributed by atoms with E-state index in [0.717, 1.165) is 15.5 Å². The first-order chi connectivity index (χ1) is 15.4. The van der Waals surface area contributed by atoms with E-state index in [9.17, 15) is 19.5 Å². The monoisotopic (exact) mass is 513 g/mol. The Labute approximate surface area is 197 Å². The smallest absolute Gasteiger partial charge is 0.330 e. The standard InChI is InChI=1S/C16H15N7O5S4/c1-28-21-9(7-5-31-16(17)19-7)12(24)20-10-13(25)23-11(15(26)27)6(4-30-14(10)23)3-29-8-2-18-22-32-8/h2,4-5,10-11,14H,3H2,1H3,(H2,17,19)(H,20,24)(H,26,27)/b21-9-/t10-,11-,14-/m1/s1. The van der Waals surface area contributed by atoms with Crippen molar-refractivity contribution >= 4 is 75.0 Å². The molecule has 2 aromatic rings. The van der Waals surface area contributed by atoms with Crippen LogP contribution in [0.25, 0.3) is 0 Å². The summed E-state index contributed by atoms with van der Waals surface area (Å²) in [6.45, 7) is 0. The number of carboxylic acid groups (broad SMARTS) is 1. The summed E-state index contributed by atoms with van der Waals surface area (Å²) >= 11 is 5.01. The van der Waals surface area contributed by atoms with Crippen LogP contribution in [0.2, 0.25) is 0 Å². The number of nitrogens with zero attached hydrogens (tertiary/aromatic N) is 5. The highest BCUT2D eigenvalue weighted by Crippen LogP contribution is 2.41. The van der Waals surface area contributed by atoms with Crippen molar-refractivity contribution in [3.8, 4) is 0 Å². The van der Waals surface area contributed by atoms with E-state index in [-0.39, 0.29) is 16.5 Å². The van der Waals surface area contributed by atoms with Crippen LogP contribution < -0.4 is 11.1 Å². The first-order valence-electron chi connectivity index (χ1n) is 8.83. The largest absolute Gasteiger partial charge is 0.479 e. The van der Waals surface area contributed by atoms with Gasteiger partial charge in [0.25, 0.3) is 5.91 Å². The topological polar surface area (TPSA) is 173 Å². The van der Waals surface area contributed by atoms with Gasteiger partial charge in [-0.15, -0.1) is 40.0 Å². The molecule has 16 heteroatoms. The number of nitrogens with two attached hydrogens (primary N) is 1. The Morgan fingerprint density at radius 1 is 1.47 bits per heavy atom. The number of hydrogen-bond donors (Lipinski definition) is 3. The second kappa shape index (κ2) is 9.43. The number of nitrogens with one attached hydrogen (secondary N) is 1. The van der Waals surface area contributed by atoms with Crippen molar-refractivity contribution in [2.45, 2.75) is 21.7 Å². The molecule has 2 aromatic heterocycles. The average molecular weight is 514 g/mol. The highest BCUT2D eigenvalue weighted by atomic mass is 32.2. The fraction of sp³-hybridized carbons (Fsp3) is 0.312. The van der Waals surface area contributed by atoms with Gasteiger partial charge in [0.15, 0.2) is 16.9 Å². The lowest BCUT2D eigenvalue weighted by Crippen LogP contribution is -2.74. The Balaban J connectivity index is 1.48. The molecule has 0 radical (unpaired) electrons. The minimum Gasteiger partial charge on any atom is -0.479 e. The normalized spacial score (nSPS) is 22.6. The van der Waals surface area contributed by atoms with Crippen LogP contribution in [0.5, 0.6) is 0 Å². The van der Waals surface area contributed by atoms with Gasteiger partial charge in [0.05, 0.1) is 6.20 Å². The van der Waals surface area contributed by atoms with Crippen molar-refractivity contribution in [3.05, 3.63) is 28.3 Å². The number of oxime groups is 1. The molecule has 0 unspecified atom stereocenters. The number of amides is 2. The highest BCUT2D eigenvalue weighted by Gasteiger charge is 2.56. The Kier molecular flexibility index (Phi) is 6.63. The molecule has 4 N–H and O–H groups in total. The zero-order chi connectivity index (χ0) is 22.8. The lowest BCUT2D eigenvalue weighted by Gasteiger charge is -2.51. The number of fused-ring (bicyclic) bond motifs is 1. The van der Waals surface area contributed by atoms with Crippen LogP contribution in [-0.2, 0) is 19.2 Å². The van der Waals surface area contributed by atoms with Gasteiger partial charge in [-0.05, 0) is 22.5 Å². The van der Waals surface area contributed by atoms with Crippen molar-refractivity contribution in [2.24, 2.45) is 5.16 Å². The van der Waals surface area contributed by atoms with Crippen molar-refractivity contribution in [1.29, 1.82) is 0 Å². The molecule has 4 rings (SSSR count). The van der Waals surface area contributed by atoms with Crippen LogP contribution in [0.3, 0.4) is 0 Å². The molecular formula is C16H15N7O5S4. The maximum Gasteiger partial charge on any atom is 0.330 e. The molecule has 0 spiro atoms. The predicted molar refractivity (Wildman–Crippen MR) is 120 cm³/mol. The first-order valence-corrected chi connectivity index (χ1v) is 12.4. The van der Waals surface area contributed by atoms with Crippen LogP contribution in [0, 0.1) is 0 Å². The average Bonchev–Trinajstić information content (AvgIpc) is 3.45. The quantitative estimate of drug-likeness (QED) is 0.194. The molecular weight excluding hydrogens is 498 g/mol. The molecule has 0 bridgehead atoms. The van der Waals surface area contributed by atoms with Crippen LogP contribution >= 0.6 is 46.4 Å². The summed E-state index contributed by atoms with van der Waals surface area (Å²) in [5, 5.41) is 22.8. The van der Waals surface area contributed by atoms with E-state index in [0.29, 0.717) is 11.3 Å². The third-order valence-corrected chi connectivity index (χ3v) is 8.27. The van der Waals surface area contributed by atoms with E-state index in [1.54, 1.807) is 17.0 Å². The molecule has 2 amide bonds. The molecule has 1 fully saturated rings. The Morgan fingerprint density at radius 2 is 2.28 bits per heavy atom. The van der Waals surface area contributed by atoms with Gasteiger partial charge in [0.2, 0.25) is 5.91 Å². The number of carbonyl (C=O) groups excluding carboxylic acids is 2. The van der Waals surface area contributed by atoms with Gasteiger partial charge >= 0.3 is 5.97 Å². The predicted octanol–water partition coefficient (Wildman–Crippen LogP) is 0.457. The Morgan fingerprint density at radius 3 is 2.91 bits per heavy atom. The van der Waals surface area contributed by atoms with E-state index in [1.807, 2.05) is 0 Å². The number of thiazole rings is 1. The van der Waals surface area contributed by atoms with Gasteiger partial charge < -0.3 is 25.9 Å².